The van der Waals surface area contributed by atoms with E-state index in [2.05, 4.69) is 5.32 Å². The average molecular weight is 500 g/mol. The Morgan fingerprint density at radius 3 is 2.46 bits per heavy atom. The fourth-order valence-corrected chi connectivity index (χ4v) is 5.74. The number of ether oxygens (including phenoxy) is 1. The maximum atomic E-state index is 13.5. The quantitative estimate of drug-likeness (QED) is 0.497. The summed E-state index contributed by atoms with van der Waals surface area (Å²) in [5, 5.41) is 3.60. The van der Waals surface area contributed by atoms with Crippen molar-refractivity contribution in [2.24, 2.45) is 0 Å². The lowest BCUT2D eigenvalue weighted by molar-refractivity contribution is 0.102. The van der Waals surface area contributed by atoms with E-state index in [1.54, 1.807) is 44.2 Å². The van der Waals surface area contributed by atoms with Crippen LogP contribution in [-0.2, 0) is 14.8 Å². The van der Waals surface area contributed by atoms with Crippen molar-refractivity contribution < 1.29 is 22.4 Å². The van der Waals surface area contributed by atoms with Gasteiger partial charge >= 0.3 is 5.63 Å². The summed E-state index contributed by atoms with van der Waals surface area (Å²) in [7, 11) is -3.76. The van der Waals surface area contributed by atoms with Crippen molar-refractivity contribution in [3.63, 3.8) is 0 Å². The third kappa shape index (κ3) is 5.09. The van der Waals surface area contributed by atoms with Gasteiger partial charge in [0, 0.05) is 55.1 Å². The molecule has 0 radical (unpaired) electrons. The van der Waals surface area contributed by atoms with Crippen LogP contribution < -0.4 is 15.8 Å². The standard InChI is InChI=1S/C25H29N3O6S/c1-4-28(5-2)35(31,32)19-7-9-22(27-10-12-33-13-11-27)21(16-19)25(30)26-18-6-8-20-17(3)14-24(29)34-23(20)15-18/h6-9,14-16H,4-5,10-13H2,1-3H3,(H,26,30). The molecule has 0 spiro atoms. The highest BCUT2D eigenvalue weighted by molar-refractivity contribution is 7.89. The van der Waals surface area contributed by atoms with Crippen LogP contribution in [0, 0.1) is 6.92 Å². The minimum atomic E-state index is -3.76. The minimum absolute atomic E-state index is 0.0588. The number of carbonyl (C=O) groups is 1. The molecule has 1 N–H and O–H groups in total. The van der Waals surface area contributed by atoms with Gasteiger partial charge in [0.05, 0.1) is 23.7 Å². The molecule has 35 heavy (non-hydrogen) atoms. The molecule has 1 aliphatic heterocycles. The van der Waals surface area contributed by atoms with E-state index in [1.807, 2.05) is 11.8 Å². The van der Waals surface area contributed by atoms with Gasteiger partial charge in [0.25, 0.3) is 5.91 Å². The molecular weight excluding hydrogens is 470 g/mol. The lowest BCUT2D eigenvalue weighted by Crippen LogP contribution is -2.37. The van der Waals surface area contributed by atoms with Crippen LogP contribution in [0.15, 0.2) is 56.6 Å². The predicted octanol–water partition coefficient (Wildman–Crippen LogP) is 3.22. The molecule has 1 fully saturated rings. The number of rotatable bonds is 7. The van der Waals surface area contributed by atoms with Crippen LogP contribution >= 0.6 is 0 Å². The number of nitrogens with one attached hydrogen (secondary N) is 1. The number of hydrogen-bond donors (Lipinski definition) is 1. The molecule has 3 aromatic rings. The lowest BCUT2D eigenvalue weighted by Gasteiger charge is -2.30. The fraction of sp³-hybridized carbons (Fsp3) is 0.360. The molecule has 1 aliphatic rings. The van der Waals surface area contributed by atoms with E-state index in [-0.39, 0.29) is 10.5 Å². The Kier molecular flexibility index (Phi) is 7.25. The third-order valence-corrected chi connectivity index (χ3v) is 8.16. The Morgan fingerprint density at radius 2 is 1.77 bits per heavy atom. The highest BCUT2D eigenvalue weighted by Crippen LogP contribution is 2.28. The molecule has 0 bridgehead atoms. The molecule has 1 amide bonds. The zero-order chi connectivity index (χ0) is 25.2. The molecule has 4 rings (SSSR count). The summed E-state index contributed by atoms with van der Waals surface area (Å²) in [6.07, 6.45) is 0. The van der Waals surface area contributed by atoms with Gasteiger partial charge in [-0.05, 0) is 42.8 Å². The van der Waals surface area contributed by atoms with E-state index in [0.717, 1.165) is 10.9 Å². The first-order valence-electron chi connectivity index (χ1n) is 11.6. The number of anilines is 2. The molecule has 9 nitrogen and oxygen atoms in total. The second-order valence-corrected chi connectivity index (χ2v) is 10.2. The topological polar surface area (TPSA) is 109 Å². The fourth-order valence-electron chi connectivity index (χ4n) is 4.25. The number of fused-ring (bicyclic) bond motifs is 1. The van der Waals surface area contributed by atoms with E-state index in [0.29, 0.717) is 56.4 Å². The number of hydrogen-bond acceptors (Lipinski definition) is 7. The zero-order valence-electron chi connectivity index (χ0n) is 20.0. The van der Waals surface area contributed by atoms with Crippen molar-refractivity contribution in [1.29, 1.82) is 0 Å². The highest BCUT2D eigenvalue weighted by atomic mass is 32.2. The van der Waals surface area contributed by atoms with Crippen LogP contribution in [-0.4, -0.2) is 58.0 Å². The Bertz CT molecular complexity index is 1410. The van der Waals surface area contributed by atoms with Gasteiger partial charge in [-0.2, -0.15) is 4.31 Å². The molecule has 1 aromatic heterocycles. The number of benzene rings is 2. The Balaban J connectivity index is 1.74. The Labute approximate surface area is 204 Å². The summed E-state index contributed by atoms with van der Waals surface area (Å²) < 4.78 is 38.4. The number of sulfonamides is 1. The van der Waals surface area contributed by atoms with Crippen LogP contribution in [0.3, 0.4) is 0 Å². The summed E-state index contributed by atoms with van der Waals surface area (Å²) in [5.41, 5.74) is 1.97. The van der Waals surface area contributed by atoms with Gasteiger partial charge < -0.3 is 19.4 Å². The summed E-state index contributed by atoms with van der Waals surface area (Å²) in [4.78, 5) is 27.3. The second-order valence-electron chi connectivity index (χ2n) is 8.28. The number of amides is 1. The Hall–Kier alpha value is -3.21. The summed E-state index contributed by atoms with van der Waals surface area (Å²) in [6.45, 7) is 8.22. The number of carbonyl (C=O) groups excluding carboxylic acids is 1. The zero-order valence-corrected chi connectivity index (χ0v) is 20.9. The van der Waals surface area contributed by atoms with E-state index in [1.165, 1.54) is 16.4 Å². The van der Waals surface area contributed by atoms with Crippen molar-refractivity contribution >= 4 is 38.3 Å². The molecule has 2 heterocycles. The van der Waals surface area contributed by atoms with Crippen LogP contribution in [0.4, 0.5) is 11.4 Å². The van der Waals surface area contributed by atoms with E-state index >= 15 is 0 Å². The van der Waals surface area contributed by atoms with Crippen molar-refractivity contribution in [1.82, 2.24) is 4.31 Å². The molecule has 186 valence electrons. The predicted molar refractivity (Wildman–Crippen MR) is 135 cm³/mol. The molecule has 0 saturated carbocycles. The van der Waals surface area contributed by atoms with E-state index < -0.39 is 21.6 Å². The van der Waals surface area contributed by atoms with Crippen molar-refractivity contribution in [2.45, 2.75) is 25.7 Å². The first-order valence-corrected chi connectivity index (χ1v) is 13.0. The average Bonchev–Trinajstić information content (AvgIpc) is 2.84. The number of morpholine rings is 1. The SMILES string of the molecule is CCN(CC)S(=O)(=O)c1ccc(N2CCOCC2)c(C(=O)Nc2ccc3c(C)cc(=O)oc3c2)c1. The Morgan fingerprint density at radius 1 is 1.06 bits per heavy atom. The van der Waals surface area contributed by atoms with Crippen LogP contribution in [0.25, 0.3) is 11.0 Å². The van der Waals surface area contributed by atoms with Gasteiger partial charge in [-0.3, -0.25) is 4.79 Å². The van der Waals surface area contributed by atoms with Gasteiger partial charge in [0.1, 0.15) is 5.58 Å². The first-order chi connectivity index (χ1) is 16.7. The first kappa shape index (κ1) is 24.9. The molecule has 10 heteroatoms. The summed E-state index contributed by atoms with van der Waals surface area (Å²) in [5.74, 6) is -0.461. The van der Waals surface area contributed by atoms with E-state index in [4.69, 9.17) is 9.15 Å². The van der Waals surface area contributed by atoms with Gasteiger partial charge in [-0.25, -0.2) is 13.2 Å². The largest absolute Gasteiger partial charge is 0.423 e. The van der Waals surface area contributed by atoms with Crippen molar-refractivity contribution in [2.75, 3.05) is 49.6 Å². The maximum absolute atomic E-state index is 13.5. The van der Waals surface area contributed by atoms with Crippen LogP contribution in [0.5, 0.6) is 0 Å². The van der Waals surface area contributed by atoms with Crippen LogP contribution in [0.1, 0.15) is 29.8 Å². The van der Waals surface area contributed by atoms with Gasteiger partial charge in [-0.1, -0.05) is 13.8 Å². The normalized spacial score (nSPS) is 14.5. The lowest BCUT2D eigenvalue weighted by atomic mass is 10.1. The molecule has 0 unspecified atom stereocenters. The molecule has 0 aliphatic carbocycles. The molecule has 0 atom stereocenters. The van der Waals surface area contributed by atoms with Gasteiger partial charge in [-0.15, -0.1) is 0 Å². The molecule has 1 saturated heterocycles. The van der Waals surface area contributed by atoms with Gasteiger partial charge in [0.15, 0.2) is 0 Å². The number of aryl methyl sites for hydroxylation is 1. The van der Waals surface area contributed by atoms with E-state index in [9.17, 15) is 18.0 Å². The summed E-state index contributed by atoms with van der Waals surface area (Å²) in [6, 6.07) is 11.1. The molecule has 2 aromatic carbocycles. The monoisotopic (exact) mass is 499 g/mol. The highest BCUT2D eigenvalue weighted by Gasteiger charge is 2.26. The van der Waals surface area contributed by atoms with Crippen LogP contribution in [0.2, 0.25) is 0 Å². The second kappa shape index (κ2) is 10.2. The smallest absolute Gasteiger partial charge is 0.336 e. The minimum Gasteiger partial charge on any atom is -0.423 e. The van der Waals surface area contributed by atoms with Crippen molar-refractivity contribution in [3.05, 3.63) is 64.0 Å². The number of nitrogens with zero attached hydrogens (tertiary/aromatic N) is 2. The third-order valence-electron chi connectivity index (χ3n) is 6.12. The maximum Gasteiger partial charge on any atom is 0.336 e. The van der Waals surface area contributed by atoms with Crippen molar-refractivity contribution in [3.8, 4) is 0 Å². The van der Waals surface area contributed by atoms with Gasteiger partial charge in [0.2, 0.25) is 10.0 Å². The molecular formula is C25H29N3O6S. The summed E-state index contributed by atoms with van der Waals surface area (Å²) >= 11 is 0.